The first-order chi connectivity index (χ1) is 12.2. The second kappa shape index (κ2) is 9.41. The van der Waals surface area contributed by atoms with Gasteiger partial charge in [-0.3, -0.25) is 9.89 Å². The smallest absolute Gasteiger partial charge is 0.191 e. The van der Waals surface area contributed by atoms with Gasteiger partial charge in [-0.25, -0.2) is 0 Å². The van der Waals surface area contributed by atoms with E-state index in [1.807, 2.05) is 7.05 Å². The Morgan fingerprint density at radius 1 is 1.12 bits per heavy atom. The van der Waals surface area contributed by atoms with E-state index in [-0.39, 0.29) is 5.54 Å². The molecule has 2 atom stereocenters. The van der Waals surface area contributed by atoms with Crippen LogP contribution in [0.5, 0.6) is 0 Å². The minimum atomic E-state index is 0.140. The number of nitrogens with one attached hydrogen (secondary N) is 2. The summed E-state index contributed by atoms with van der Waals surface area (Å²) in [5.74, 6) is 2.54. The third-order valence-corrected chi connectivity index (χ3v) is 6.24. The lowest BCUT2D eigenvalue weighted by atomic mass is 9.88. The molecule has 2 rings (SSSR count). The lowest BCUT2D eigenvalue weighted by Crippen LogP contribution is -2.58. The Balaban J connectivity index is 1.81. The average molecular weight is 366 g/mol. The molecule has 0 aromatic heterocycles. The number of aliphatic imine (C=N–C) groups is 1. The zero-order chi connectivity index (χ0) is 19.3. The number of rotatable bonds is 5. The van der Waals surface area contributed by atoms with Crippen LogP contribution in [-0.4, -0.2) is 73.2 Å². The molecular weight excluding hydrogens is 322 g/mol. The first-order valence-electron chi connectivity index (χ1n) is 10.7. The predicted molar refractivity (Wildman–Crippen MR) is 113 cm³/mol. The summed E-state index contributed by atoms with van der Waals surface area (Å²) >= 11 is 0. The van der Waals surface area contributed by atoms with Gasteiger partial charge in [-0.1, -0.05) is 13.8 Å². The molecule has 0 radical (unpaired) electrons. The normalized spacial score (nSPS) is 27.8. The van der Waals surface area contributed by atoms with Gasteiger partial charge in [0.1, 0.15) is 0 Å². The van der Waals surface area contributed by atoms with Crippen LogP contribution in [0.1, 0.15) is 60.8 Å². The summed E-state index contributed by atoms with van der Waals surface area (Å²) in [7, 11) is 1.89. The van der Waals surface area contributed by atoms with Gasteiger partial charge in [0.25, 0.3) is 0 Å². The van der Waals surface area contributed by atoms with E-state index < -0.39 is 0 Å². The van der Waals surface area contributed by atoms with Gasteiger partial charge in [-0.15, -0.1) is 0 Å². The Bertz CT molecular complexity index is 441. The molecule has 2 fully saturated rings. The van der Waals surface area contributed by atoms with Gasteiger partial charge >= 0.3 is 0 Å². The summed E-state index contributed by atoms with van der Waals surface area (Å²) < 4.78 is 0. The molecule has 0 aromatic rings. The SMILES string of the molecule is CN=C(NCC(C)(C)N1CC(C)CC(C)C1)NC1CCN(C(C)C)CC1. The van der Waals surface area contributed by atoms with Gasteiger partial charge in [0.15, 0.2) is 5.96 Å². The summed E-state index contributed by atoms with van der Waals surface area (Å²) in [5.41, 5.74) is 0.140. The average Bonchev–Trinajstić information content (AvgIpc) is 2.58. The van der Waals surface area contributed by atoms with Crippen LogP contribution in [0, 0.1) is 11.8 Å². The topological polar surface area (TPSA) is 42.9 Å². The minimum Gasteiger partial charge on any atom is -0.355 e. The summed E-state index contributed by atoms with van der Waals surface area (Å²) in [6.07, 6.45) is 3.76. The van der Waals surface area contributed by atoms with Crippen LogP contribution in [-0.2, 0) is 0 Å². The Morgan fingerprint density at radius 2 is 1.69 bits per heavy atom. The molecule has 0 aliphatic carbocycles. The molecule has 0 spiro atoms. The van der Waals surface area contributed by atoms with E-state index in [4.69, 9.17) is 0 Å². The van der Waals surface area contributed by atoms with E-state index in [0.29, 0.717) is 12.1 Å². The van der Waals surface area contributed by atoms with Gasteiger partial charge in [-0.05, 0) is 58.8 Å². The van der Waals surface area contributed by atoms with Crippen LogP contribution >= 0.6 is 0 Å². The van der Waals surface area contributed by atoms with Crippen molar-refractivity contribution in [1.29, 1.82) is 0 Å². The first-order valence-corrected chi connectivity index (χ1v) is 10.7. The van der Waals surface area contributed by atoms with Gasteiger partial charge in [0.2, 0.25) is 0 Å². The third-order valence-electron chi connectivity index (χ3n) is 6.24. The highest BCUT2D eigenvalue weighted by Gasteiger charge is 2.33. The Hall–Kier alpha value is -0.810. The molecule has 0 aromatic carbocycles. The van der Waals surface area contributed by atoms with Crippen molar-refractivity contribution in [3.8, 4) is 0 Å². The fourth-order valence-electron chi connectivity index (χ4n) is 4.52. The van der Waals surface area contributed by atoms with E-state index in [9.17, 15) is 0 Å². The van der Waals surface area contributed by atoms with Gasteiger partial charge in [-0.2, -0.15) is 0 Å². The van der Waals surface area contributed by atoms with Crippen molar-refractivity contribution in [3.05, 3.63) is 0 Å². The third kappa shape index (κ3) is 6.12. The monoisotopic (exact) mass is 365 g/mol. The lowest BCUT2D eigenvalue weighted by Gasteiger charge is -2.45. The van der Waals surface area contributed by atoms with Crippen LogP contribution in [0.15, 0.2) is 4.99 Å². The number of hydrogen-bond acceptors (Lipinski definition) is 3. The largest absolute Gasteiger partial charge is 0.355 e. The Kier molecular flexibility index (Phi) is 7.77. The van der Waals surface area contributed by atoms with Crippen molar-refractivity contribution in [1.82, 2.24) is 20.4 Å². The molecule has 0 saturated carbocycles. The molecule has 26 heavy (non-hydrogen) atoms. The maximum Gasteiger partial charge on any atom is 0.191 e. The molecule has 2 N–H and O–H groups in total. The summed E-state index contributed by atoms with van der Waals surface area (Å²) in [6.45, 7) is 19.8. The fourth-order valence-corrected chi connectivity index (χ4v) is 4.52. The zero-order valence-electron chi connectivity index (χ0n) is 18.3. The summed E-state index contributed by atoms with van der Waals surface area (Å²) in [5, 5.41) is 7.25. The van der Waals surface area contributed by atoms with E-state index in [2.05, 4.69) is 67.0 Å². The molecule has 2 aliphatic rings. The van der Waals surface area contributed by atoms with Crippen molar-refractivity contribution in [3.63, 3.8) is 0 Å². The quantitative estimate of drug-likeness (QED) is 0.581. The van der Waals surface area contributed by atoms with E-state index >= 15 is 0 Å². The Labute approximate surface area is 162 Å². The molecule has 2 heterocycles. The molecule has 5 nitrogen and oxygen atoms in total. The number of hydrogen-bond donors (Lipinski definition) is 2. The van der Waals surface area contributed by atoms with E-state index in [0.717, 1.165) is 24.3 Å². The van der Waals surface area contributed by atoms with Crippen LogP contribution in [0.25, 0.3) is 0 Å². The molecule has 2 saturated heterocycles. The molecule has 2 unspecified atom stereocenters. The van der Waals surface area contributed by atoms with Crippen LogP contribution < -0.4 is 10.6 Å². The molecule has 5 heteroatoms. The number of nitrogens with zero attached hydrogens (tertiary/aromatic N) is 3. The van der Waals surface area contributed by atoms with Crippen molar-refractivity contribution in [2.45, 2.75) is 78.4 Å². The van der Waals surface area contributed by atoms with Crippen LogP contribution in [0.2, 0.25) is 0 Å². The lowest BCUT2D eigenvalue weighted by molar-refractivity contribution is 0.0483. The number of piperidine rings is 2. The number of guanidine groups is 1. The van der Waals surface area contributed by atoms with Crippen molar-refractivity contribution < 1.29 is 0 Å². The molecule has 2 aliphatic heterocycles. The maximum absolute atomic E-state index is 4.48. The Morgan fingerprint density at radius 3 is 2.19 bits per heavy atom. The molecule has 152 valence electrons. The second-order valence-electron chi connectivity index (χ2n) is 9.64. The standard InChI is InChI=1S/C21H43N5/c1-16(2)25-10-8-19(9-11-25)24-20(22-7)23-15-21(5,6)26-13-17(3)12-18(4)14-26/h16-19H,8-15H2,1-7H3,(H2,22,23,24). The van der Waals surface area contributed by atoms with Crippen molar-refractivity contribution in [2.24, 2.45) is 16.8 Å². The zero-order valence-corrected chi connectivity index (χ0v) is 18.3. The molecule has 0 amide bonds. The number of likely N-dealkylation sites (tertiary alicyclic amines) is 2. The fraction of sp³-hybridized carbons (Fsp3) is 0.952. The van der Waals surface area contributed by atoms with E-state index in [1.165, 1.54) is 45.4 Å². The summed E-state index contributed by atoms with van der Waals surface area (Å²) in [4.78, 5) is 9.70. The van der Waals surface area contributed by atoms with Gasteiger partial charge in [0.05, 0.1) is 0 Å². The highest BCUT2D eigenvalue weighted by atomic mass is 15.3. The highest BCUT2D eigenvalue weighted by molar-refractivity contribution is 5.80. The van der Waals surface area contributed by atoms with Gasteiger partial charge in [0, 0.05) is 57.4 Å². The van der Waals surface area contributed by atoms with Gasteiger partial charge < -0.3 is 15.5 Å². The first kappa shape index (κ1) is 21.5. The molecule has 0 bridgehead atoms. The predicted octanol–water partition coefficient (Wildman–Crippen LogP) is 2.78. The van der Waals surface area contributed by atoms with Crippen LogP contribution in [0.4, 0.5) is 0 Å². The summed E-state index contributed by atoms with van der Waals surface area (Å²) in [6, 6.07) is 1.19. The second-order valence-corrected chi connectivity index (χ2v) is 9.64. The maximum atomic E-state index is 4.48. The van der Waals surface area contributed by atoms with E-state index in [1.54, 1.807) is 0 Å². The van der Waals surface area contributed by atoms with Crippen molar-refractivity contribution >= 4 is 5.96 Å². The van der Waals surface area contributed by atoms with Crippen molar-refractivity contribution in [2.75, 3.05) is 39.8 Å². The molecular formula is C21H43N5. The highest BCUT2D eigenvalue weighted by Crippen LogP contribution is 2.26. The minimum absolute atomic E-state index is 0.140. The van der Waals surface area contributed by atoms with Crippen LogP contribution in [0.3, 0.4) is 0 Å².